The molecule has 0 N–H and O–H groups in total. The quantitative estimate of drug-likeness (QED) is 0.662. The summed E-state index contributed by atoms with van der Waals surface area (Å²) in [5.41, 5.74) is 0.0531. The maximum atomic E-state index is 12.3. The summed E-state index contributed by atoms with van der Waals surface area (Å²) in [6.45, 7) is 17.2. The molecule has 0 aromatic heterocycles. The van der Waals surface area contributed by atoms with Crippen molar-refractivity contribution in [3.05, 3.63) is 0 Å². The predicted molar refractivity (Wildman–Crippen MR) is 93.6 cm³/mol. The minimum absolute atomic E-state index is 0.146. The molecule has 0 aliphatic rings. The molecule has 0 bridgehead atoms. The van der Waals surface area contributed by atoms with Crippen LogP contribution in [-0.4, -0.2) is 42.9 Å². The number of nitrogens with zero attached hydrogens (tertiary/aromatic N) is 1. The van der Waals surface area contributed by atoms with Crippen LogP contribution in [0.25, 0.3) is 0 Å². The number of hydrogen-bond acceptors (Lipinski definition) is 3. The fraction of sp³-hybridized carbons (Fsp3) is 1.00. The van der Waals surface area contributed by atoms with E-state index in [4.69, 9.17) is 0 Å². The van der Waals surface area contributed by atoms with Gasteiger partial charge >= 0.3 is 0 Å². The van der Waals surface area contributed by atoms with Crippen molar-refractivity contribution in [3.63, 3.8) is 0 Å². The Hall–Kier alpha value is -0.0900. The molecule has 128 valence electrons. The molecule has 0 unspecified atom stereocenters. The average Bonchev–Trinajstić information content (AvgIpc) is 2.19. The third-order valence-electron chi connectivity index (χ3n) is 4.26. The van der Waals surface area contributed by atoms with Crippen molar-refractivity contribution in [2.24, 2.45) is 5.41 Å². The molecule has 0 atom stereocenters. The second kappa shape index (κ2) is 6.99. The van der Waals surface area contributed by atoms with Crippen LogP contribution in [0.15, 0.2) is 0 Å². The molecule has 3 nitrogen and oxygen atoms in total. The predicted octanol–water partition coefficient (Wildman–Crippen LogP) is 4.13. The fourth-order valence-electron chi connectivity index (χ4n) is 2.09. The van der Waals surface area contributed by atoms with Gasteiger partial charge in [-0.3, -0.25) is 0 Å². The van der Waals surface area contributed by atoms with Crippen molar-refractivity contribution in [2.45, 2.75) is 84.9 Å². The second-order valence-corrected chi connectivity index (χ2v) is 11.8. The molecular formula is C17H37NO2S. The van der Waals surface area contributed by atoms with Crippen LogP contribution in [0.2, 0.25) is 0 Å². The van der Waals surface area contributed by atoms with E-state index in [1.54, 1.807) is 20.8 Å². The standard InChI is InChI=1S/C17H37NO2S/c1-15(2,3)18(9)13-11-10-12-17(7,8)14-21(19,20)16(4,5)6/h10-14H2,1-9H3. The molecule has 0 saturated heterocycles. The van der Waals surface area contributed by atoms with Gasteiger partial charge in [0.1, 0.15) is 0 Å². The van der Waals surface area contributed by atoms with E-state index < -0.39 is 14.6 Å². The first-order chi connectivity index (χ1) is 9.08. The van der Waals surface area contributed by atoms with Gasteiger partial charge in [0.25, 0.3) is 0 Å². The zero-order chi connectivity index (χ0) is 17.1. The van der Waals surface area contributed by atoms with Gasteiger partial charge in [0.2, 0.25) is 0 Å². The molecule has 0 aromatic rings. The Kier molecular flexibility index (Phi) is 6.96. The Labute approximate surface area is 133 Å². The molecule has 0 aromatic carbocycles. The zero-order valence-electron chi connectivity index (χ0n) is 15.7. The third kappa shape index (κ3) is 7.64. The van der Waals surface area contributed by atoms with Gasteiger partial charge in [-0.25, -0.2) is 8.42 Å². The first kappa shape index (κ1) is 20.9. The Morgan fingerprint density at radius 2 is 1.33 bits per heavy atom. The highest BCUT2D eigenvalue weighted by molar-refractivity contribution is 7.92. The van der Waals surface area contributed by atoms with Crippen LogP contribution >= 0.6 is 0 Å². The lowest BCUT2D eigenvalue weighted by molar-refractivity contribution is 0.170. The largest absolute Gasteiger partial charge is 0.302 e. The minimum Gasteiger partial charge on any atom is -0.302 e. The monoisotopic (exact) mass is 319 g/mol. The van der Waals surface area contributed by atoms with E-state index in [2.05, 4.69) is 46.6 Å². The Balaban J connectivity index is 4.34. The smallest absolute Gasteiger partial charge is 0.155 e. The van der Waals surface area contributed by atoms with Crippen molar-refractivity contribution < 1.29 is 8.42 Å². The van der Waals surface area contributed by atoms with Gasteiger partial charge in [-0.1, -0.05) is 20.3 Å². The van der Waals surface area contributed by atoms with E-state index >= 15 is 0 Å². The third-order valence-corrected chi connectivity index (χ3v) is 7.28. The molecule has 0 radical (unpaired) electrons. The van der Waals surface area contributed by atoms with Gasteiger partial charge in [0.05, 0.1) is 10.5 Å². The van der Waals surface area contributed by atoms with E-state index in [0.717, 1.165) is 25.8 Å². The minimum atomic E-state index is -3.04. The van der Waals surface area contributed by atoms with Gasteiger partial charge in [-0.05, 0) is 73.4 Å². The van der Waals surface area contributed by atoms with Gasteiger partial charge in [-0.2, -0.15) is 0 Å². The number of sulfone groups is 1. The number of hydrogen-bond donors (Lipinski definition) is 0. The van der Waals surface area contributed by atoms with E-state index in [9.17, 15) is 8.42 Å². The van der Waals surface area contributed by atoms with E-state index in [-0.39, 0.29) is 16.7 Å². The summed E-state index contributed by atoms with van der Waals surface area (Å²) in [6, 6.07) is 0. The summed E-state index contributed by atoms with van der Waals surface area (Å²) in [4.78, 5) is 2.35. The number of rotatable bonds is 7. The molecule has 0 heterocycles. The van der Waals surface area contributed by atoms with Crippen molar-refractivity contribution in [3.8, 4) is 0 Å². The molecular weight excluding hydrogens is 282 g/mol. The van der Waals surface area contributed by atoms with Gasteiger partial charge in [0, 0.05) is 5.54 Å². The average molecular weight is 320 g/mol. The maximum Gasteiger partial charge on any atom is 0.155 e. The molecule has 0 fully saturated rings. The summed E-state index contributed by atoms with van der Waals surface area (Å²) in [6.07, 6.45) is 3.15. The summed E-state index contributed by atoms with van der Waals surface area (Å²) in [5.74, 6) is 0.276. The summed E-state index contributed by atoms with van der Waals surface area (Å²) < 4.78 is 24.0. The highest BCUT2D eigenvalue weighted by Crippen LogP contribution is 2.30. The molecule has 21 heavy (non-hydrogen) atoms. The maximum absolute atomic E-state index is 12.3. The van der Waals surface area contributed by atoms with Crippen LogP contribution < -0.4 is 0 Å². The summed E-state index contributed by atoms with van der Waals surface area (Å²) in [7, 11) is -0.895. The van der Waals surface area contributed by atoms with Crippen LogP contribution in [0.3, 0.4) is 0 Å². The van der Waals surface area contributed by atoms with Crippen molar-refractivity contribution in [2.75, 3.05) is 19.3 Å². The van der Waals surface area contributed by atoms with E-state index in [1.165, 1.54) is 0 Å². The van der Waals surface area contributed by atoms with E-state index in [0.29, 0.717) is 0 Å². The topological polar surface area (TPSA) is 37.4 Å². The lowest BCUT2D eigenvalue weighted by Crippen LogP contribution is -2.39. The van der Waals surface area contributed by atoms with Gasteiger partial charge in [-0.15, -0.1) is 0 Å². The first-order valence-corrected chi connectivity index (χ1v) is 9.67. The molecule has 4 heteroatoms. The first-order valence-electron chi connectivity index (χ1n) is 8.02. The van der Waals surface area contributed by atoms with Crippen molar-refractivity contribution >= 4 is 9.84 Å². The van der Waals surface area contributed by atoms with Crippen LogP contribution in [0.1, 0.15) is 74.7 Å². The normalized spacial score (nSPS) is 14.8. The molecule has 0 aliphatic carbocycles. The Morgan fingerprint density at radius 3 is 1.71 bits per heavy atom. The van der Waals surface area contributed by atoms with Crippen molar-refractivity contribution in [1.29, 1.82) is 0 Å². The summed E-state index contributed by atoms with van der Waals surface area (Å²) >= 11 is 0. The lowest BCUT2D eigenvalue weighted by atomic mass is 9.89. The van der Waals surface area contributed by atoms with E-state index in [1.807, 2.05) is 0 Å². The molecule has 0 aliphatic heterocycles. The zero-order valence-corrected chi connectivity index (χ0v) is 16.5. The SMILES string of the molecule is CN(CCCCC(C)(C)CS(=O)(=O)C(C)(C)C)C(C)(C)C. The summed E-state index contributed by atoms with van der Waals surface area (Å²) in [5, 5.41) is 0. The fourth-order valence-corrected chi connectivity index (χ4v) is 3.70. The molecule has 0 spiro atoms. The van der Waals surface area contributed by atoms with Crippen LogP contribution in [0.4, 0.5) is 0 Å². The second-order valence-electron chi connectivity index (χ2n) is 9.09. The lowest BCUT2D eigenvalue weighted by Gasteiger charge is -2.32. The molecule has 0 amide bonds. The Morgan fingerprint density at radius 1 is 0.857 bits per heavy atom. The van der Waals surface area contributed by atoms with Crippen LogP contribution in [-0.2, 0) is 9.84 Å². The Bertz CT molecular complexity index is 411. The molecule has 0 saturated carbocycles. The van der Waals surface area contributed by atoms with Crippen LogP contribution in [0, 0.1) is 5.41 Å². The van der Waals surface area contributed by atoms with Gasteiger partial charge in [0.15, 0.2) is 9.84 Å². The highest BCUT2D eigenvalue weighted by Gasteiger charge is 2.34. The molecule has 0 rings (SSSR count). The van der Waals surface area contributed by atoms with Gasteiger partial charge < -0.3 is 4.90 Å². The van der Waals surface area contributed by atoms with Crippen molar-refractivity contribution in [1.82, 2.24) is 4.90 Å². The van der Waals surface area contributed by atoms with Crippen LogP contribution in [0.5, 0.6) is 0 Å². The highest BCUT2D eigenvalue weighted by atomic mass is 32.2. The number of unbranched alkanes of at least 4 members (excludes halogenated alkanes) is 1.